The van der Waals surface area contributed by atoms with Crippen LogP contribution in [0.4, 0.5) is 0 Å². The monoisotopic (exact) mass is 596 g/mol. The molecule has 1 aromatic carbocycles. The van der Waals surface area contributed by atoms with Crippen LogP contribution in [0.1, 0.15) is 37.9 Å². The first-order chi connectivity index (χ1) is 20.5. The Balaban J connectivity index is 1.84. The van der Waals surface area contributed by atoms with Crippen molar-refractivity contribution in [1.29, 1.82) is 0 Å². The number of hydrogen-bond acceptors (Lipinski definition) is 7. The van der Waals surface area contributed by atoms with Gasteiger partial charge in [-0.15, -0.1) is 0 Å². The van der Waals surface area contributed by atoms with Crippen LogP contribution in [-0.2, 0) is 32.0 Å². The van der Waals surface area contributed by atoms with Crippen LogP contribution < -0.4 is 33.2 Å². The number of amides is 3. The number of carbonyl (C=O) groups excluding carboxylic acids is 3. The molecule has 4 unspecified atom stereocenters. The number of guanidine groups is 1. The van der Waals surface area contributed by atoms with E-state index < -0.39 is 53.8 Å². The molecule has 4 atom stereocenters. The zero-order valence-electron chi connectivity index (χ0n) is 24.2. The molecule has 0 aliphatic rings. The molecule has 0 aliphatic carbocycles. The number of aromatic amines is 2. The minimum atomic E-state index is -1.20. The molecule has 43 heavy (non-hydrogen) atoms. The highest BCUT2D eigenvalue weighted by Crippen LogP contribution is 2.19. The van der Waals surface area contributed by atoms with E-state index in [1.807, 2.05) is 24.3 Å². The van der Waals surface area contributed by atoms with Gasteiger partial charge in [0.05, 0.1) is 12.4 Å². The summed E-state index contributed by atoms with van der Waals surface area (Å²) in [4.78, 5) is 65.7. The Labute approximate surface area is 248 Å². The SMILES string of the molecule is CC(C)C(NC(=O)C(CCCN=C(N)N)NC(=O)C(Cc1c[nH]c2ccccc12)NC(=O)C(N)Cc1cnc[nH]1)C(=O)O. The Kier molecular flexibility index (Phi) is 11.6. The highest BCUT2D eigenvalue weighted by Gasteiger charge is 2.31. The number of benzene rings is 1. The van der Waals surface area contributed by atoms with Crippen molar-refractivity contribution in [2.45, 2.75) is 63.7 Å². The normalized spacial score (nSPS) is 14.0. The maximum absolute atomic E-state index is 13.7. The first-order valence-corrected chi connectivity index (χ1v) is 13.9. The molecule has 2 aromatic heterocycles. The molecule has 232 valence electrons. The third kappa shape index (κ3) is 9.56. The molecule has 0 saturated heterocycles. The first-order valence-electron chi connectivity index (χ1n) is 13.9. The molecule has 3 amide bonds. The number of aliphatic imine (C=N–C) groups is 1. The van der Waals surface area contributed by atoms with E-state index in [0.717, 1.165) is 16.5 Å². The average molecular weight is 597 g/mol. The van der Waals surface area contributed by atoms with Crippen molar-refractivity contribution < 1.29 is 24.3 Å². The number of carboxylic acids is 1. The molecular weight excluding hydrogens is 556 g/mol. The fourth-order valence-corrected chi connectivity index (χ4v) is 4.55. The summed E-state index contributed by atoms with van der Waals surface area (Å²) >= 11 is 0. The number of nitrogens with zero attached hydrogens (tertiary/aromatic N) is 2. The van der Waals surface area contributed by atoms with Gasteiger partial charge in [-0.2, -0.15) is 0 Å². The molecule has 0 fully saturated rings. The second-order valence-corrected chi connectivity index (χ2v) is 10.6. The summed E-state index contributed by atoms with van der Waals surface area (Å²) in [5.74, 6) is -3.65. The second kappa shape index (κ2) is 15.3. The number of aromatic nitrogens is 3. The van der Waals surface area contributed by atoms with Crippen LogP contribution in [0.5, 0.6) is 0 Å². The molecule has 2 heterocycles. The van der Waals surface area contributed by atoms with Crippen molar-refractivity contribution in [1.82, 2.24) is 30.9 Å². The van der Waals surface area contributed by atoms with E-state index in [9.17, 15) is 24.3 Å². The number of para-hydroxylation sites is 1. The maximum Gasteiger partial charge on any atom is 0.326 e. The molecule has 15 nitrogen and oxygen atoms in total. The number of nitrogens with two attached hydrogens (primary N) is 3. The fraction of sp³-hybridized carbons (Fsp3) is 0.429. The lowest BCUT2D eigenvalue weighted by atomic mass is 10.0. The molecular formula is C28H40N10O5. The fourth-order valence-electron chi connectivity index (χ4n) is 4.55. The smallest absolute Gasteiger partial charge is 0.326 e. The summed E-state index contributed by atoms with van der Waals surface area (Å²) in [6.45, 7) is 3.50. The van der Waals surface area contributed by atoms with E-state index in [-0.39, 0.29) is 31.8 Å². The van der Waals surface area contributed by atoms with Crippen LogP contribution in [0.2, 0.25) is 0 Å². The van der Waals surface area contributed by atoms with Gasteiger partial charge in [0.2, 0.25) is 17.7 Å². The molecule has 3 aromatic rings. The molecule has 15 heteroatoms. The maximum atomic E-state index is 13.7. The summed E-state index contributed by atoms with van der Waals surface area (Å²) in [5.41, 5.74) is 19.2. The van der Waals surface area contributed by atoms with Gasteiger partial charge < -0.3 is 48.2 Å². The number of nitrogens with one attached hydrogen (secondary N) is 5. The number of aliphatic carboxylic acids is 1. The van der Waals surface area contributed by atoms with Crippen molar-refractivity contribution in [3.05, 3.63) is 54.2 Å². The van der Waals surface area contributed by atoms with E-state index in [1.54, 1.807) is 26.2 Å². The number of imidazole rings is 1. The lowest BCUT2D eigenvalue weighted by Gasteiger charge is -2.26. The Morgan fingerprint density at radius 1 is 0.977 bits per heavy atom. The molecule has 0 aliphatic heterocycles. The lowest BCUT2D eigenvalue weighted by molar-refractivity contribution is -0.143. The van der Waals surface area contributed by atoms with E-state index in [1.165, 1.54) is 6.33 Å². The number of hydrogen-bond donors (Lipinski definition) is 9. The van der Waals surface area contributed by atoms with Crippen molar-refractivity contribution in [2.24, 2.45) is 28.1 Å². The molecule has 12 N–H and O–H groups in total. The summed E-state index contributed by atoms with van der Waals surface area (Å²) in [6, 6.07) is 3.09. The first kappa shape index (κ1) is 32.6. The quantitative estimate of drug-likeness (QED) is 0.0571. The van der Waals surface area contributed by atoms with E-state index in [2.05, 4.69) is 35.9 Å². The van der Waals surface area contributed by atoms with E-state index in [0.29, 0.717) is 12.1 Å². The van der Waals surface area contributed by atoms with Gasteiger partial charge in [0.25, 0.3) is 0 Å². The zero-order valence-corrected chi connectivity index (χ0v) is 24.2. The van der Waals surface area contributed by atoms with Crippen molar-refractivity contribution in [3.63, 3.8) is 0 Å². The number of carboxylic acid groups (broad SMARTS) is 1. The number of rotatable bonds is 16. The Morgan fingerprint density at radius 2 is 1.67 bits per heavy atom. The Morgan fingerprint density at radius 3 is 2.33 bits per heavy atom. The third-order valence-corrected chi connectivity index (χ3v) is 6.87. The van der Waals surface area contributed by atoms with Crippen molar-refractivity contribution in [3.8, 4) is 0 Å². The van der Waals surface area contributed by atoms with Gasteiger partial charge in [0.15, 0.2) is 5.96 Å². The van der Waals surface area contributed by atoms with Gasteiger partial charge in [-0.3, -0.25) is 19.4 Å². The van der Waals surface area contributed by atoms with Crippen LogP contribution >= 0.6 is 0 Å². The third-order valence-electron chi connectivity index (χ3n) is 6.87. The van der Waals surface area contributed by atoms with Crippen LogP contribution in [0.25, 0.3) is 10.9 Å². The second-order valence-electron chi connectivity index (χ2n) is 10.6. The predicted molar refractivity (Wildman–Crippen MR) is 160 cm³/mol. The average Bonchev–Trinajstić information content (AvgIpc) is 3.62. The Bertz CT molecular complexity index is 1410. The number of carbonyl (C=O) groups is 4. The van der Waals surface area contributed by atoms with Crippen LogP contribution in [0, 0.1) is 5.92 Å². The lowest BCUT2D eigenvalue weighted by Crippen LogP contribution is -2.58. The van der Waals surface area contributed by atoms with Crippen molar-refractivity contribution >= 4 is 40.6 Å². The van der Waals surface area contributed by atoms with Gasteiger partial charge in [-0.05, 0) is 30.4 Å². The molecule has 0 radical (unpaired) electrons. The molecule has 0 bridgehead atoms. The van der Waals surface area contributed by atoms with Crippen LogP contribution in [0.3, 0.4) is 0 Å². The molecule has 3 rings (SSSR count). The Hall–Kier alpha value is -4.92. The molecule has 0 spiro atoms. The van der Waals surface area contributed by atoms with E-state index >= 15 is 0 Å². The van der Waals surface area contributed by atoms with Gasteiger partial charge >= 0.3 is 5.97 Å². The van der Waals surface area contributed by atoms with Crippen molar-refractivity contribution in [2.75, 3.05) is 6.54 Å². The highest BCUT2D eigenvalue weighted by molar-refractivity contribution is 5.95. The van der Waals surface area contributed by atoms with Gasteiger partial charge in [0.1, 0.15) is 18.1 Å². The summed E-state index contributed by atoms with van der Waals surface area (Å²) < 4.78 is 0. The standard InChI is InChI=1S/C28H40N10O5/c1-15(2)23(27(42)43)38-25(40)21(8-5-9-33-28(30)31)36-26(41)22(10-16-12-34-20-7-4-3-6-18(16)20)37-24(39)19(29)11-17-13-32-14-35-17/h3-4,6-7,12-15,19,21-23,34H,5,8-11,29H2,1-2H3,(H,32,35)(H,36,41)(H,37,39)(H,38,40)(H,42,43)(H4,30,31,33). The highest BCUT2D eigenvalue weighted by atomic mass is 16.4. The number of H-pyrrole nitrogens is 2. The van der Waals surface area contributed by atoms with E-state index in [4.69, 9.17) is 17.2 Å². The van der Waals surface area contributed by atoms with Gasteiger partial charge in [-0.25, -0.2) is 9.78 Å². The largest absolute Gasteiger partial charge is 0.480 e. The van der Waals surface area contributed by atoms with Crippen LogP contribution in [0.15, 0.2) is 48.0 Å². The predicted octanol–water partition coefficient (Wildman–Crippen LogP) is -0.748. The summed E-state index contributed by atoms with van der Waals surface area (Å²) in [5, 5.41) is 18.4. The van der Waals surface area contributed by atoms with Crippen LogP contribution in [-0.4, -0.2) is 80.4 Å². The number of fused-ring (bicyclic) bond motifs is 1. The van der Waals surface area contributed by atoms with Gasteiger partial charge in [-0.1, -0.05) is 32.0 Å². The zero-order chi connectivity index (χ0) is 31.5. The minimum absolute atomic E-state index is 0.0877. The van der Waals surface area contributed by atoms with Gasteiger partial charge in [0, 0.05) is 48.4 Å². The molecule has 0 saturated carbocycles. The topological polar surface area (TPSA) is 259 Å². The minimum Gasteiger partial charge on any atom is -0.480 e. The summed E-state index contributed by atoms with van der Waals surface area (Å²) in [6.07, 6.45) is 5.44. The summed E-state index contributed by atoms with van der Waals surface area (Å²) in [7, 11) is 0.